The van der Waals surface area contributed by atoms with Gasteiger partial charge in [0.05, 0.1) is 6.54 Å². The average molecular weight is 387 g/mol. The van der Waals surface area contributed by atoms with Crippen LogP contribution in [0.4, 0.5) is 0 Å². The monoisotopic (exact) mass is 386 g/mol. The second-order valence-electron chi connectivity index (χ2n) is 6.11. The number of aryl methyl sites for hydroxylation is 1. The third-order valence-electron chi connectivity index (χ3n) is 4.28. The standard InChI is InChI=1S/C19H22N4OS2/c1-3-22(13-16-5-4-12-26-16)17(24)10-11-23-18(20-21-19(23)25)15-8-6-14(2)7-9-15/h4-9,12H,3,10-11,13H2,1-2H3,(H,21,25). The van der Waals surface area contributed by atoms with Crippen molar-refractivity contribution in [2.24, 2.45) is 0 Å². The van der Waals surface area contributed by atoms with Crippen molar-refractivity contribution in [1.29, 1.82) is 0 Å². The Morgan fingerprint density at radius 3 is 2.73 bits per heavy atom. The zero-order chi connectivity index (χ0) is 18.5. The first-order valence-electron chi connectivity index (χ1n) is 8.61. The van der Waals surface area contributed by atoms with Crippen LogP contribution in [-0.2, 0) is 17.9 Å². The third-order valence-corrected chi connectivity index (χ3v) is 5.45. The van der Waals surface area contributed by atoms with Crippen LogP contribution in [0.5, 0.6) is 0 Å². The molecule has 0 aliphatic carbocycles. The molecule has 0 aliphatic heterocycles. The molecule has 0 aliphatic rings. The van der Waals surface area contributed by atoms with Crippen LogP contribution in [0, 0.1) is 11.7 Å². The lowest BCUT2D eigenvalue weighted by Gasteiger charge is -2.20. The molecule has 3 aromatic rings. The van der Waals surface area contributed by atoms with Gasteiger partial charge < -0.3 is 4.90 Å². The number of carbonyl (C=O) groups is 1. The van der Waals surface area contributed by atoms with Gasteiger partial charge in [-0.25, -0.2) is 0 Å². The summed E-state index contributed by atoms with van der Waals surface area (Å²) >= 11 is 7.03. The minimum absolute atomic E-state index is 0.124. The Morgan fingerprint density at radius 1 is 1.31 bits per heavy atom. The van der Waals surface area contributed by atoms with Gasteiger partial charge in [-0.15, -0.1) is 11.3 Å². The highest BCUT2D eigenvalue weighted by molar-refractivity contribution is 7.71. The fraction of sp³-hybridized carbons (Fsp3) is 0.316. The smallest absolute Gasteiger partial charge is 0.224 e. The van der Waals surface area contributed by atoms with Gasteiger partial charge in [0.2, 0.25) is 5.91 Å². The van der Waals surface area contributed by atoms with Crippen LogP contribution in [0.2, 0.25) is 0 Å². The largest absolute Gasteiger partial charge is 0.338 e. The van der Waals surface area contributed by atoms with Crippen molar-refractivity contribution in [3.8, 4) is 11.4 Å². The molecule has 1 amide bonds. The van der Waals surface area contributed by atoms with Gasteiger partial charge >= 0.3 is 0 Å². The highest BCUT2D eigenvalue weighted by atomic mass is 32.1. The normalized spacial score (nSPS) is 10.8. The number of hydrogen-bond acceptors (Lipinski definition) is 4. The Hall–Kier alpha value is -2.25. The van der Waals surface area contributed by atoms with E-state index in [4.69, 9.17) is 12.2 Å². The molecule has 1 N–H and O–H groups in total. The third kappa shape index (κ3) is 4.28. The maximum atomic E-state index is 12.7. The SMILES string of the molecule is CCN(Cc1cccs1)C(=O)CCn1c(-c2ccc(C)cc2)n[nH]c1=S. The molecule has 0 bridgehead atoms. The van der Waals surface area contributed by atoms with E-state index in [-0.39, 0.29) is 5.91 Å². The Bertz CT molecular complexity index is 910. The van der Waals surface area contributed by atoms with Gasteiger partial charge in [-0.3, -0.25) is 14.5 Å². The molecule has 0 saturated carbocycles. The van der Waals surface area contributed by atoms with Crippen molar-refractivity contribution in [2.45, 2.75) is 33.4 Å². The molecular formula is C19H22N4OS2. The van der Waals surface area contributed by atoms with E-state index in [1.807, 2.05) is 59.0 Å². The molecule has 1 aromatic carbocycles. The first kappa shape index (κ1) is 18.5. The first-order valence-corrected chi connectivity index (χ1v) is 9.89. The van der Waals surface area contributed by atoms with E-state index in [0.29, 0.717) is 30.8 Å². The van der Waals surface area contributed by atoms with E-state index in [9.17, 15) is 4.79 Å². The van der Waals surface area contributed by atoms with Gasteiger partial charge in [-0.1, -0.05) is 35.9 Å². The number of nitrogens with zero attached hydrogens (tertiary/aromatic N) is 3. The summed E-state index contributed by atoms with van der Waals surface area (Å²) in [5.74, 6) is 0.892. The number of rotatable bonds is 7. The molecule has 0 radical (unpaired) electrons. The van der Waals surface area contributed by atoms with Gasteiger partial charge in [0.1, 0.15) is 0 Å². The van der Waals surface area contributed by atoms with Crippen molar-refractivity contribution in [1.82, 2.24) is 19.7 Å². The van der Waals surface area contributed by atoms with Crippen molar-refractivity contribution >= 4 is 29.5 Å². The second kappa shape index (κ2) is 8.42. The number of hydrogen-bond donors (Lipinski definition) is 1. The number of amides is 1. The summed E-state index contributed by atoms with van der Waals surface area (Å²) in [5.41, 5.74) is 2.18. The van der Waals surface area contributed by atoms with Gasteiger partial charge in [0.25, 0.3) is 0 Å². The number of aromatic nitrogens is 3. The number of nitrogens with one attached hydrogen (secondary N) is 1. The van der Waals surface area contributed by atoms with E-state index in [1.54, 1.807) is 11.3 Å². The molecular weight excluding hydrogens is 364 g/mol. The molecule has 26 heavy (non-hydrogen) atoms. The first-order chi connectivity index (χ1) is 12.6. The van der Waals surface area contributed by atoms with E-state index >= 15 is 0 Å². The molecule has 2 heterocycles. The van der Waals surface area contributed by atoms with Crippen LogP contribution in [0.15, 0.2) is 41.8 Å². The maximum absolute atomic E-state index is 12.7. The van der Waals surface area contributed by atoms with Crippen molar-refractivity contribution in [3.63, 3.8) is 0 Å². The highest BCUT2D eigenvalue weighted by Gasteiger charge is 2.15. The zero-order valence-corrected chi connectivity index (χ0v) is 16.6. The fourth-order valence-electron chi connectivity index (χ4n) is 2.78. The lowest BCUT2D eigenvalue weighted by Crippen LogP contribution is -2.30. The summed E-state index contributed by atoms with van der Waals surface area (Å²) < 4.78 is 2.44. The molecule has 0 spiro atoms. The van der Waals surface area contributed by atoms with Gasteiger partial charge in [0.15, 0.2) is 10.6 Å². The fourth-order valence-corrected chi connectivity index (χ4v) is 3.72. The Labute approximate surface area is 162 Å². The lowest BCUT2D eigenvalue weighted by atomic mass is 10.1. The van der Waals surface area contributed by atoms with Crippen LogP contribution < -0.4 is 0 Å². The predicted molar refractivity (Wildman–Crippen MR) is 108 cm³/mol. The zero-order valence-electron chi connectivity index (χ0n) is 14.9. The molecule has 5 nitrogen and oxygen atoms in total. The molecule has 3 rings (SSSR count). The minimum atomic E-state index is 0.124. The molecule has 136 valence electrons. The predicted octanol–water partition coefficient (Wildman–Crippen LogP) is 4.42. The molecule has 0 saturated heterocycles. The van der Waals surface area contributed by atoms with E-state index in [0.717, 1.165) is 11.4 Å². The summed E-state index contributed by atoms with van der Waals surface area (Å²) in [6.45, 7) is 5.92. The van der Waals surface area contributed by atoms with Crippen LogP contribution in [-0.4, -0.2) is 32.1 Å². The quantitative estimate of drug-likeness (QED) is 0.612. The molecule has 0 atom stereocenters. The topological polar surface area (TPSA) is 53.9 Å². The number of thiophene rings is 1. The number of carbonyl (C=O) groups excluding carboxylic acids is 1. The van der Waals surface area contributed by atoms with Crippen LogP contribution in [0.1, 0.15) is 23.8 Å². The van der Waals surface area contributed by atoms with Gasteiger partial charge in [0, 0.05) is 30.0 Å². The number of benzene rings is 1. The van der Waals surface area contributed by atoms with Crippen molar-refractivity contribution in [2.75, 3.05) is 6.54 Å². The summed E-state index contributed by atoms with van der Waals surface area (Å²) in [6.07, 6.45) is 0.395. The van der Waals surface area contributed by atoms with Gasteiger partial charge in [-0.05, 0) is 37.5 Å². The van der Waals surface area contributed by atoms with E-state index in [2.05, 4.69) is 16.3 Å². The Morgan fingerprint density at radius 2 is 2.08 bits per heavy atom. The molecule has 2 aromatic heterocycles. The summed E-state index contributed by atoms with van der Waals surface area (Å²) in [7, 11) is 0. The summed E-state index contributed by atoms with van der Waals surface area (Å²) in [4.78, 5) is 15.7. The van der Waals surface area contributed by atoms with Crippen LogP contribution >= 0.6 is 23.6 Å². The van der Waals surface area contributed by atoms with Crippen LogP contribution in [0.25, 0.3) is 11.4 Å². The van der Waals surface area contributed by atoms with Gasteiger partial charge in [-0.2, -0.15) is 5.10 Å². The lowest BCUT2D eigenvalue weighted by molar-refractivity contribution is -0.131. The Balaban J connectivity index is 1.71. The minimum Gasteiger partial charge on any atom is -0.338 e. The van der Waals surface area contributed by atoms with Crippen molar-refractivity contribution in [3.05, 3.63) is 57.0 Å². The van der Waals surface area contributed by atoms with E-state index in [1.165, 1.54) is 10.4 Å². The Kier molecular flexibility index (Phi) is 6.00. The van der Waals surface area contributed by atoms with Crippen molar-refractivity contribution < 1.29 is 4.79 Å². The number of H-pyrrole nitrogens is 1. The summed E-state index contributed by atoms with van der Waals surface area (Å²) in [5, 5.41) is 9.22. The second-order valence-corrected chi connectivity index (χ2v) is 7.53. The highest BCUT2D eigenvalue weighted by Crippen LogP contribution is 2.19. The summed E-state index contributed by atoms with van der Waals surface area (Å²) in [6, 6.07) is 12.2. The maximum Gasteiger partial charge on any atom is 0.224 e. The molecule has 7 heteroatoms. The molecule has 0 unspecified atom stereocenters. The number of aromatic amines is 1. The van der Waals surface area contributed by atoms with E-state index < -0.39 is 0 Å². The van der Waals surface area contributed by atoms with Crippen LogP contribution in [0.3, 0.4) is 0 Å². The molecule has 0 fully saturated rings. The average Bonchev–Trinajstić information content (AvgIpc) is 3.28.